The molecule has 0 fully saturated rings. The fraction of sp³-hybridized carbons (Fsp3) is 0.214. The summed E-state index contributed by atoms with van der Waals surface area (Å²) in [7, 11) is 0. The van der Waals surface area contributed by atoms with Gasteiger partial charge < -0.3 is 4.74 Å². The monoisotopic (exact) mass is 247 g/mol. The number of hydrogen-bond acceptors (Lipinski definition) is 2. The Kier molecular flexibility index (Phi) is 3.64. The number of nitrogens with zero attached hydrogens (tertiary/aromatic N) is 1. The van der Waals surface area contributed by atoms with Crippen molar-refractivity contribution >= 4 is 11.6 Å². The molecule has 0 N–H and O–H groups in total. The normalized spacial score (nSPS) is 10.3. The Balaban J connectivity index is 2.31. The van der Waals surface area contributed by atoms with E-state index in [4.69, 9.17) is 16.3 Å². The molecule has 0 aliphatic heterocycles. The van der Waals surface area contributed by atoms with Gasteiger partial charge in [-0.3, -0.25) is 4.98 Å². The van der Waals surface area contributed by atoms with Gasteiger partial charge in [-0.05, 0) is 43.2 Å². The molecule has 2 nitrogen and oxygen atoms in total. The standard InChI is InChI=1S/C14H14ClNO/c1-10-5-11(2)7-13(6-10)17-14-9-16-4-3-12(14)8-15/h3-7,9H,8H2,1-2H3. The Morgan fingerprint density at radius 1 is 1.18 bits per heavy atom. The van der Waals surface area contributed by atoms with E-state index in [1.165, 1.54) is 11.1 Å². The third-order valence-corrected chi connectivity index (χ3v) is 2.72. The van der Waals surface area contributed by atoms with Crippen LogP contribution in [0.25, 0.3) is 0 Å². The Labute approximate surface area is 106 Å². The predicted molar refractivity (Wildman–Crippen MR) is 69.8 cm³/mol. The zero-order valence-electron chi connectivity index (χ0n) is 9.90. The van der Waals surface area contributed by atoms with Gasteiger partial charge in [0.1, 0.15) is 11.5 Å². The summed E-state index contributed by atoms with van der Waals surface area (Å²) in [6, 6.07) is 7.97. The first kappa shape index (κ1) is 11.9. The van der Waals surface area contributed by atoms with Crippen LogP contribution in [0.4, 0.5) is 0 Å². The second-order valence-corrected chi connectivity index (χ2v) is 4.31. The van der Waals surface area contributed by atoms with Crippen LogP contribution in [-0.2, 0) is 5.88 Å². The van der Waals surface area contributed by atoms with Crippen molar-refractivity contribution in [2.45, 2.75) is 19.7 Å². The van der Waals surface area contributed by atoms with E-state index in [0.29, 0.717) is 11.6 Å². The molecular formula is C14H14ClNO. The molecule has 0 aliphatic carbocycles. The fourth-order valence-electron chi connectivity index (χ4n) is 1.73. The molecule has 1 aromatic heterocycles. The highest BCUT2D eigenvalue weighted by atomic mass is 35.5. The number of alkyl halides is 1. The van der Waals surface area contributed by atoms with Crippen LogP contribution in [0.15, 0.2) is 36.7 Å². The number of benzene rings is 1. The maximum atomic E-state index is 5.85. The summed E-state index contributed by atoms with van der Waals surface area (Å²) in [6.07, 6.45) is 3.40. The Morgan fingerprint density at radius 3 is 2.53 bits per heavy atom. The van der Waals surface area contributed by atoms with E-state index >= 15 is 0 Å². The Bertz CT molecular complexity index is 505. The van der Waals surface area contributed by atoms with Gasteiger partial charge in [0.2, 0.25) is 0 Å². The van der Waals surface area contributed by atoms with Gasteiger partial charge in [0.25, 0.3) is 0 Å². The third-order valence-electron chi connectivity index (χ3n) is 2.44. The molecule has 3 heteroatoms. The molecule has 0 atom stereocenters. The lowest BCUT2D eigenvalue weighted by Crippen LogP contribution is -1.91. The van der Waals surface area contributed by atoms with Gasteiger partial charge in [-0.2, -0.15) is 0 Å². The minimum absolute atomic E-state index is 0.419. The number of aryl methyl sites for hydroxylation is 2. The lowest BCUT2D eigenvalue weighted by Gasteiger charge is -2.10. The highest BCUT2D eigenvalue weighted by molar-refractivity contribution is 6.17. The molecule has 0 bridgehead atoms. The molecule has 1 heterocycles. The summed E-state index contributed by atoms with van der Waals surface area (Å²) in [5, 5.41) is 0. The fourth-order valence-corrected chi connectivity index (χ4v) is 1.95. The lowest BCUT2D eigenvalue weighted by molar-refractivity contribution is 0.475. The number of ether oxygens (including phenoxy) is 1. The van der Waals surface area contributed by atoms with Crippen molar-refractivity contribution in [2.75, 3.05) is 0 Å². The second-order valence-electron chi connectivity index (χ2n) is 4.04. The van der Waals surface area contributed by atoms with E-state index in [9.17, 15) is 0 Å². The summed E-state index contributed by atoms with van der Waals surface area (Å²) >= 11 is 5.85. The van der Waals surface area contributed by atoms with Crippen LogP contribution in [0.2, 0.25) is 0 Å². The number of pyridine rings is 1. The largest absolute Gasteiger partial charge is 0.455 e. The summed E-state index contributed by atoms with van der Waals surface area (Å²) < 4.78 is 5.82. The smallest absolute Gasteiger partial charge is 0.150 e. The van der Waals surface area contributed by atoms with Gasteiger partial charge in [-0.25, -0.2) is 0 Å². The van der Waals surface area contributed by atoms with Crippen molar-refractivity contribution in [3.63, 3.8) is 0 Å². The van der Waals surface area contributed by atoms with Crippen molar-refractivity contribution < 1.29 is 4.74 Å². The SMILES string of the molecule is Cc1cc(C)cc(Oc2cnccc2CCl)c1. The summed E-state index contributed by atoms with van der Waals surface area (Å²) in [5.74, 6) is 1.96. The first-order valence-corrected chi connectivity index (χ1v) is 5.97. The van der Waals surface area contributed by atoms with Crippen LogP contribution in [0.3, 0.4) is 0 Å². The summed E-state index contributed by atoms with van der Waals surface area (Å²) in [4.78, 5) is 4.05. The number of hydrogen-bond donors (Lipinski definition) is 0. The minimum atomic E-state index is 0.419. The molecule has 0 saturated carbocycles. The van der Waals surface area contributed by atoms with Gasteiger partial charge >= 0.3 is 0 Å². The van der Waals surface area contributed by atoms with E-state index in [1.54, 1.807) is 12.4 Å². The van der Waals surface area contributed by atoms with E-state index in [2.05, 4.69) is 11.1 Å². The number of rotatable bonds is 3. The van der Waals surface area contributed by atoms with Crippen molar-refractivity contribution in [3.8, 4) is 11.5 Å². The lowest BCUT2D eigenvalue weighted by atomic mass is 10.1. The molecule has 17 heavy (non-hydrogen) atoms. The highest BCUT2D eigenvalue weighted by Gasteiger charge is 2.04. The molecule has 0 amide bonds. The molecule has 0 saturated heterocycles. The van der Waals surface area contributed by atoms with Gasteiger partial charge in [0.15, 0.2) is 0 Å². The molecule has 0 aliphatic rings. The first-order valence-electron chi connectivity index (χ1n) is 5.44. The van der Waals surface area contributed by atoms with Gasteiger partial charge in [-0.15, -0.1) is 11.6 Å². The zero-order valence-corrected chi connectivity index (χ0v) is 10.7. The average molecular weight is 248 g/mol. The molecule has 2 aromatic rings. The van der Waals surface area contributed by atoms with Crippen molar-refractivity contribution in [1.29, 1.82) is 0 Å². The average Bonchev–Trinajstić information content (AvgIpc) is 2.28. The van der Waals surface area contributed by atoms with E-state index < -0.39 is 0 Å². The van der Waals surface area contributed by atoms with Gasteiger partial charge in [-0.1, -0.05) is 6.07 Å². The van der Waals surface area contributed by atoms with Crippen LogP contribution < -0.4 is 4.74 Å². The van der Waals surface area contributed by atoms with Crippen molar-refractivity contribution in [2.24, 2.45) is 0 Å². The quantitative estimate of drug-likeness (QED) is 0.758. The molecular weight excluding hydrogens is 234 g/mol. The maximum absolute atomic E-state index is 5.85. The zero-order chi connectivity index (χ0) is 12.3. The molecule has 0 radical (unpaired) electrons. The summed E-state index contributed by atoms with van der Waals surface area (Å²) in [6.45, 7) is 4.09. The highest BCUT2D eigenvalue weighted by Crippen LogP contribution is 2.26. The predicted octanol–water partition coefficient (Wildman–Crippen LogP) is 4.23. The maximum Gasteiger partial charge on any atom is 0.150 e. The van der Waals surface area contributed by atoms with Crippen LogP contribution in [-0.4, -0.2) is 4.98 Å². The van der Waals surface area contributed by atoms with Crippen LogP contribution in [0.5, 0.6) is 11.5 Å². The van der Waals surface area contributed by atoms with E-state index in [0.717, 1.165) is 11.3 Å². The van der Waals surface area contributed by atoms with Crippen molar-refractivity contribution in [3.05, 3.63) is 53.3 Å². The minimum Gasteiger partial charge on any atom is -0.455 e. The Morgan fingerprint density at radius 2 is 1.88 bits per heavy atom. The molecule has 1 aromatic carbocycles. The third kappa shape index (κ3) is 2.98. The second kappa shape index (κ2) is 5.19. The van der Waals surface area contributed by atoms with Gasteiger partial charge in [0, 0.05) is 11.8 Å². The van der Waals surface area contributed by atoms with Crippen LogP contribution in [0.1, 0.15) is 16.7 Å². The van der Waals surface area contributed by atoms with Crippen LogP contribution >= 0.6 is 11.6 Å². The summed E-state index contributed by atoms with van der Waals surface area (Å²) in [5.41, 5.74) is 3.30. The number of aromatic nitrogens is 1. The molecule has 2 rings (SSSR count). The Hall–Kier alpha value is -1.54. The topological polar surface area (TPSA) is 22.1 Å². The van der Waals surface area contributed by atoms with Crippen LogP contribution in [0, 0.1) is 13.8 Å². The first-order chi connectivity index (χ1) is 8.19. The molecule has 88 valence electrons. The number of halogens is 1. The molecule has 0 spiro atoms. The van der Waals surface area contributed by atoms with E-state index in [1.807, 2.05) is 32.0 Å². The van der Waals surface area contributed by atoms with Gasteiger partial charge in [0.05, 0.1) is 12.1 Å². The van der Waals surface area contributed by atoms with E-state index in [-0.39, 0.29) is 0 Å². The van der Waals surface area contributed by atoms with Crippen molar-refractivity contribution in [1.82, 2.24) is 4.98 Å². The molecule has 0 unspecified atom stereocenters.